The lowest BCUT2D eigenvalue weighted by atomic mass is 9.95. The van der Waals surface area contributed by atoms with E-state index in [0.29, 0.717) is 6.04 Å². The molecule has 0 spiro atoms. The SMILES string of the molecule is O=C(N[C@@H]1C[C@H]2CC[C@@H]1N2)c1ccc(C(F)(F)F)o1. The third kappa shape index (κ3) is 2.34. The van der Waals surface area contributed by atoms with E-state index in [0.717, 1.165) is 31.4 Å². The normalized spacial score (nSPS) is 29.7. The van der Waals surface area contributed by atoms with Gasteiger partial charge in [-0.15, -0.1) is 0 Å². The second-order valence-corrected chi connectivity index (χ2v) is 5.02. The topological polar surface area (TPSA) is 54.3 Å². The van der Waals surface area contributed by atoms with E-state index in [2.05, 4.69) is 15.1 Å². The van der Waals surface area contributed by atoms with Gasteiger partial charge in [-0.05, 0) is 31.4 Å². The summed E-state index contributed by atoms with van der Waals surface area (Å²) in [6, 6.07) is 2.45. The fourth-order valence-electron chi connectivity index (χ4n) is 2.84. The molecule has 2 saturated heterocycles. The molecule has 0 radical (unpaired) electrons. The molecule has 2 aliphatic rings. The van der Waals surface area contributed by atoms with Gasteiger partial charge in [-0.25, -0.2) is 0 Å². The van der Waals surface area contributed by atoms with Crippen LogP contribution in [0.1, 0.15) is 35.6 Å². The molecule has 2 fully saturated rings. The molecule has 3 rings (SSSR count). The van der Waals surface area contributed by atoms with Crippen molar-refractivity contribution in [3.63, 3.8) is 0 Å². The van der Waals surface area contributed by atoms with Crippen molar-refractivity contribution >= 4 is 5.91 Å². The predicted molar refractivity (Wildman–Crippen MR) is 59.5 cm³/mol. The number of alkyl halides is 3. The first-order valence-corrected chi connectivity index (χ1v) is 6.17. The number of rotatable bonds is 2. The summed E-state index contributed by atoms with van der Waals surface area (Å²) >= 11 is 0. The summed E-state index contributed by atoms with van der Waals surface area (Å²) in [6.45, 7) is 0. The number of furan rings is 1. The highest BCUT2D eigenvalue weighted by molar-refractivity contribution is 5.91. The van der Waals surface area contributed by atoms with E-state index in [1.165, 1.54) is 0 Å². The zero-order chi connectivity index (χ0) is 13.6. The molecule has 0 aliphatic carbocycles. The van der Waals surface area contributed by atoms with Crippen LogP contribution in [0.15, 0.2) is 16.5 Å². The first-order valence-electron chi connectivity index (χ1n) is 6.17. The van der Waals surface area contributed by atoms with Crippen molar-refractivity contribution in [1.29, 1.82) is 0 Å². The predicted octanol–water partition coefficient (Wildman–Crippen LogP) is 1.92. The lowest BCUT2D eigenvalue weighted by molar-refractivity contribution is -0.153. The third-order valence-electron chi connectivity index (χ3n) is 3.73. The Morgan fingerprint density at radius 1 is 1.37 bits per heavy atom. The smallest absolute Gasteiger partial charge is 0.446 e. The highest BCUT2D eigenvalue weighted by Crippen LogP contribution is 2.31. The largest absolute Gasteiger partial charge is 0.449 e. The molecule has 1 aromatic heterocycles. The molecule has 7 heteroatoms. The maximum atomic E-state index is 12.4. The van der Waals surface area contributed by atoms with E-state index in [1.54, 1.807) is 0 Å². The molecular formula is C12H13F3N2O2. The van der Waals surface area contributed by atoms with Crippen LogP contribution in [0.3, 0.4) is 0 Å². The minimum absolute atomic E-state index is 0.0225. The van der Waals surface area contributed by atoms with Crippen LogP contribution in [-0.4, -0.2) is 24.0 Å². The molecule has 3 heterocycles. The van der Waals surface area contributed by atoms with Crippen LogP contribution in [0.25, 0.3) is 0 Å². The van der Waals surface area contributed by atoms with Crippen molar-refractivity contribution in [2.45, 2.75) is 43.6 Å². The van der Waals surface area contributed by atoms with E-state index >= 15 is 0 Å². The molecule has 0 unspecified atom stereocenters. The second kappa shape index (κ2) is 4.26. The summed E-state index contributed by atoms with van der Waals surface area (Å²) in [5.74, 6) is -2.03. The highest BCUT2D eigenvalue weighted by atomic mass is 19.4. The zero-order valence-electron chi connectivity index (χ0n) is 9.96. The number of fused-ring (bicyclic) bond motifs is 2. The van der Waals surface area contributed by atoms with E-state index in [1.807, 2.05) is 0 Å². The average Bonchev–Trinajstić information content (AvgIpc) is 3.03. The Labute approximate surface area is 107 Å². The van der Waals surface area contributed by atoms with E-state index in [9.17, 15) is 18.0 Å². The molecular weight excluding hydrogens is 261 g/mol. The summed E-state index contributed by atoms with van der Waals surface area (Å²) in [7, 11) is 0. The van der Waals surface area contributed by atoms with Crippen LogP contribution in [0.4, 0.5) is 13.2 Å². The summed E-state index contributed by atoms with van der Waals surface area (Å²) in [5, 5.41) is 6.07. The first kappa shape index (κ1) is 12.5. The molecule has 0 aromatic carbocycles. The van der Waals surface area contributed by atoms with Crippen molar-refractivity contribution in [3.05, 3.63) is 23.7 Å². The van der Waals surface area contributed by atoms with Gasteiger partial charge in [-0.2, -0.15) is 13.2 Å². The molecule has 0 saturated carbocycles. The fraction of sp³-hybridized carbons (Fsp3) is 0.583. The van der Waals surface area contributed by atoms with E-state index < -0.39 is 17.8 Å². The van der Waals surface area contributed by atoms with E-state index in [4.69, 9.17) is 0 Å². The summed E-state index contributed by atoms with van der Waals surface area (Å²) in [4.78, 5) is 11.8. The number of halogens is 3. The van der Waals surface area contributed by atoms with Gasteiger partial charge < -0.3 is 15.1 Å². The quantitative estimate of drug-likeness (QED) is 0.866. The van der Waals surface area contributed by atoms with Gasteiger partial charge >= 0.3 is 6.18 Å². The number of carbonyl (C=O) groups is 1. The van der Waals surface area contributed by atoms with Gasteiger partial charge in [0.1, 0.15) is 0 Å². The molecule has 2 bridgehead atoms. The maximum absolute atomic E-state index is 12.4. The first-order chi connectivity index (χ1) is 8.93. The monoisotopic (exact) mass is 274 g/mol. The summed E-state index contributed by atoms with van der Waals surface area (Å²) in [5.41, 5.74) is 0. The lowest BCUT2D eigenvalue weighted by Gasteiger charge is -2.20. The van der Waals surface area contributed by atoms with Gasteiger partial charge in [0.2, 0.25) is 5.76 Å². The fourth-order valence-corrected chi connectivity index (χ4v) is 2.84. The molecule has 104 valence electrons. The van der Waals surface area contributed by atoms with Gasteiger partial charge in [-0.1, -0.05) is 0 Å². The van der Waals surface area contributed by atoms with Crippen molar-refractivity contribution in [2.75, 3.05) is 0 Å². The second-order valence-electron chi connectivity index (χ2n) is 5.02. The minimum Gasteiger partial charge on any atom is -0.446 e. The van der Waals surface area contributed by atoms with Crippen molar-refractivity contribution in [2.24, 2.45) is 0 Å². The molecule has 4 nitrogen and oxygen atoms in total. The number of carbonyl (C=O) groups excluding carboxylic acids is 1. The number of hydrogen-bond donors (Lipinski definition) is 2. The Morgan fingerprint density at radius 2 is 2.16 bits per heavy atom. The van der Waals surface area contributed by atoms with Crippen LogP contribution < -0.4 is 10.6 Å². The molecule has 2 N–H and O–H groups in total. The Hall–Kier alpha value is -1.50. The minimum atomic E-state index is -4.56. The van der Waals surface area contributed by atoms with Gasteiger partial charge in [0.15, 0.2) is 5.76 Å². The molecule has 1 amide bonds. The number of nitrogens with one attached hydrogen (secondary N) is 2. The highest BCUT2D eigenvalue weighted by Gasteiger charge is 2.40. The van der Waals surface area contributed by atoms with Gasteiger partial charge in [-0.3, -0.25) is 4.79 Å². The third-order valence-corrected chi connectivity index (χ3v) is 3.73. The molecule has 2 aliphatic heterocycles. The number of hydrogen-bond acceptors (Lipinski definition) is 3. The van der Waals surface area contributed by atoms with Crippen LogP contribution in [0.5, 0.6) is 0 Å². The number of amides is 1. The standard InChI is InChI=1S/C12H13F3N2O2/c13-12(14,15)10-4-3-9(19-10)11(18)17-8-5-6-1-2-7(8)16-6/h3-4,6-8,16H,1-2,5H2,(H,17,18)/t6-,7+,8-/m1/s1. The van der Waals surface area contributed by atoms with Crippen LogP contribution >= 0.6 is 0 Å². The Bertz CT molecular complexity index is 497. The molecule has 19 heavy (non-hydrogen) atoms. The van der Waals surface area contributed by atoms with Crippen LogP contribution in [0, 0.1) is 0 Å². The Morgan fingerprint density at radius 3 is 2.68 bits per heavy atom. The van der Waals surface area contributed by atoms with Crippen molar-refractivity contribution < 1.29 is 22.4 Å². The van der Waals surface area contributed by atoms with Crippen LogP contribution in [0.2, 0.25) is 0 Å². The van der Waals surface area contributed by atoms with Crippen LogP contribution in [-0.2, 0) is 6.18 Å². The lowest BCUT2D eigenvalue weighted by Crippen LogP contribution is -2.42. The Kier molecular flexibility index (Phi) is 2.81. The molecule has 3 atom stereocenters. The summed E-state index contributed by atoms with van der Waals surface area (Å²) < 4.78 is 41.6. The Balaban J connectivity index is 1.66. The van der Waals surface area contributed by atoms with Crippen molar-refractivity contribution in [1.82, 2.24) is 10.6 Å². The van der Waals surface area contributed by atoms with Crippen molar-refractivity contribution in [3.8, 4) is 0 Å². The maximum Gasteiger partial charge on any atom is 0.449 e. The summed E-state index contributed by atoms with van der Waals surface area (Å²) in [6.07, 6.45) is -1.66. The van der Waals surface area contributed by atoms with Gasteiger partial charge in [0.05, 0.1) is 0 Å². The van der Waals surface area contributed by atoms with Gasteiger partial charge in [0.25, 0.3) is 5.91 Å². The average molecular weight is 274 g/mol. The zero-order valence-corrected chi connectivity index (χ0v) is 9.96. The van der Waals surface area contributed by atoms with Gasteiger partial charge in [0, 0.05) is 18.1 Å². The van der Waals surface area contributed by atoms with E-state index in [-0.39, 0.29) is 17.8 Å². The molecule has 1 aromatic rings.